The number of carbonyl (C=O) groups is 3. The molecule has 46 heavy (non-hydrogen) atoms. The fourth-order valence-corrected chi connectivity index (χ4v) is 5.61. The van der Waals surface area contributed by atoms with Crippen LogP contribution >= 0.6 is 0 Å². The lowest BCUT2D eigenvalue weighted by Gasteiger charge is -2.29. The molecule has 0 radical (unpaired) electrons. The summed E-state index contributed by atoms with van der Waals surface area (Å²) >= 11 is 0. The summed E-state index contributed by atoms with van der Waals surface area (Å²) in [7, 11) is 0. The average Bonchev–Trinajstić information content (AvgIpc) is 3.06. The number of hydrogen-bond donors (Lipinski definition) is 3. The Balaban J connectivity index is 1.01. The number of benzene rings is 5. The molecule has 1 aliphatic rings. The van der Waals surface area contributed by atoms with Crippen LogP contribution in [-0.2, 0) is 0 Å². The summed E-state index contributed by atoms with van der Waals surface area (Å²) in [4.78, 5) is 36.7. The molecule has 0 spiro atoms. The molecule has 0 heterocycles. The van der Waals surface area contributed by atoms with Crippen LogP contribution in [-0.4, -0.2) is 35.0 Å². The first kappa shape index (κ1) is 30.4. The Hall–Kier alpha value is -5.63. The standard InChI is InChI=1S/C38H34N2O6/c1-24-6-8-25(9-7-24)36(41)39-29-14-20-31(21-15-29)46-33-19-13-27-22-32(18-12-28(27)23-33)45-30-16-10-26(11-17-30)37(42)40-35-5-3-2-4-34(35)38(43)44/h2-13,16-19,22-23,29,31H,14-15,20-21H2,1H3,(H,39,41)(H,40,42)(H,43,44). The molecule has 0 bridgehead atoms. The summed E-state index contributed by atoms with van der Waals surface area (Å²) in [5.74, 6) is 0.476. The predicted octanol–water partition coefficient (Wildman–Crippen LogP) is 8.01. The molecule has 8 nitrogen and oxygen atoms in total. The maximum absolute atomic E-state index is 12.7. The van der Waals surface area contributed by atoms with E-state index >= 15 is 0 Å². The van der Waals surface area contributed by atoms with Crippen LogP contribution in [0, 0.1) is 6.92 Å². The van der Waals surface area contributed by atoms with Crippen molar-refractivity contribution in [2.75, 3.05) is 5.32 Å². The Morgan fingerprint density at radius 3 is 1.96 bits per heavy atom. The first-order valence-corrected chi connectivity index (χ1v) is 15.3. The minimum absolute atomic E-state index is 0.0226. The first-order valence-electron chi connectivity index (χ1n) is 15.3. The fraction of sp³-hybridized carbons (Fsp3) is 0.184. The third-order valence-electron chi connectivity index (χ3n) is 8.17. The van der Waals surface area contributed by atoms with E-state index < -0.39 is 11.9 Å². The number of carboxylic acids is 1. The van der Waals surface area contributed by atoms with Crippen molar-refractivity contribution in [3.8, 4) is 17.2 Å². The van der Waals surface area contributed by atoms with E-state index in [9.17, 15) is 19.5 Å². The van der Waals surface area contributed by atoms with Crippen LogP contribution in [0.3, 0.4) is 0 Å². The van der Waals surface area contributed by atoms with E-state index in [1.54, 1.807) is 42.5 Å². The van der Waals surface area contributed by atoms with Crippen molar-refractivity contribution in [1.82, 2.24) is 5.32 Å². The zero-order chi connectivity index (χ0) is 32.0. The van der Waals surface area contributed by atoms with Crippen molar-refractivity contribution in [1.29, 1.82) is 0 Å². The van der Waals surface area contributed by atoms with E-state index in [1.807, 2.05) is 67.6 Å². The van der Waals surface area contributed by atoms with Crippen LogP contribution in [0.2, 0.25) is 0 Å². The molecule has 1 aliphatic carbocycles. The van der Waals surface area contributed by atoms with Crippen molar-refractivity contribution in [3.05, 3.63) is 131 Å². The molecule has 3 N–H and O–H groups in total. The molecule has 2 amide bonds. The highest BCUT2D eigenvalue weighted by atomic mass is 16.5. The van der Waals surface area contributed by atoms with E-state index in [-0.39, 0.29) is 29.3 Å². The van der Waals surface area contributed by atoms with E-state index in [0.717, 1.165) is 47.8 Å². The summed E-state index contributed by atoms with van der Waals surface area (Å²) in [5.41, 5.74) is 2.45. The Kier molecular flexibility index (Phi) is 8.96. The van der Waals surface area contributed by atoms with E-state index in [2.05, 4.69) is 10.6 Å². The summed E-state index contributed by atoms with van der Waals surface area (Å²) in [6, 6.07) is 32.5. The van der Waals surface area contributed by atoms with Gasteiger partial charge in [0.2, 0.25) is 0 Å². The molecule has 0 saturated heterocycles. The number of hydrogen-bond acceptors (Lipinski definition) is 5. The number of amides is 2. The molecule has 6 rings (SSSR count). The molecule has 232 valence electrons. The van der Waals surface area contributed by atoms with Gasteiger partial charge in [0.25, 0.3) is 11.8 Å². The van der Waals surface area contributed by atoms with Gasteiger partial charge in [0.15, 0.2) is 0 Å². The number of aromatic carboxylic acids is 1. The zero-order valence-electron chi connectivity index (χ0n) is 25.4. The Labute approximate surface area is 267 Å². The third-order valence-corrected chi connectivity index (χ3v) is 8.17. The average molecular weight is 615 g/mol. The normalized spacial score (nSPS) is 15.9. The quantitative estimate of drug-likeness (QED) is 0.155. The van der Waals surface area contributed by atoms with Gasteiger partial charge in [0, 0.05) is 17.2 Å². The van der Waals surface area contributed by atoms with Crippen LogP contribution in [0.4, 0.5) is 5.69 Å². The van der Waals surface area contributed by atoms with E-state index in [4.69, 9.17) is 9.47 Å². The van der Waals surface area contributed by atoms with Crippen LogP contribution in [0.15, 0.2) is 109 Å². The first-order chi connectivity index (χ1) is 22.3. The van der Waals surface area contributed by atoms with Gasteiger partial charge in [-0.25, -0.2) is 4.79 Å². The summed E-state index contributed by atoms with van der Waals surface area (Å²) in [6.07, 6.45) is 3.60. The van der Waals surface area contributed by atoms with Crippen molar-refractivity contribution < 1.29 is 29.0 Å². The van der Waals surface area contributed by atoms with Crippen molar-refractivity contribution in [2.45, 2.75) is 44.8 Å². The molecular formula is C38H34N2O6. The van der Waals surface area contributed by atoms with E-state index in [0.29, 0.717) is 22.6 Å². The summed E-state index contributed by atoms with van der Waals surface area (Å²) < 4.78 is 12.4. The van der Waals surface area contributed by atoms with Gasteiger partial charge in [0.1, 0.15) is 17.2 Å². The number of carbonyl (C=O) groups excluding carboxylic acids is 2. The summed E-state index contributed by atoms with van der Waals surface area (Å²) in [5, 5.41) is 17.2. The van der Waals surface area contributed by atoms with Gasteiger partial charge < -0.3 is 25.2 Å². The number of nitrogens with one attached hydrogen (secondary N) is 2. The molecule has 0 unspecified atom stereocenters. The van der Waals surface area contributed by atoms with Crippen LogP contribution < -0.4 is 20.1 Å². The number of ether oxygens (including phenoxy) is 2. The minimum atomic E-state index is -1.11. The largest absolute Gasteiger partial charge is 0.490 e. The molecule has 0 atom stereocenters. The molecule has 1 saturated carbocycles. The number of anilines is 1. The molecule has 8 heteroatoms. The lowest BCUT2D eigenvalue weighted by molar-refractivity contribution is 0.0697. The lowest BCUT2D eigenvalue weighted by Crippen LogP contribution is -2.39. The Morgan fingerprint density at radius 2 is 1.26 bits per heavy atom. The monoisotopic (exact) mass is 614 g/mol. The van der Waals surface area contributed by atoms with E-state index in [1.165, 1.54) is 6.07 Å². The van der Waals surface area contributed by atoms with Gasteiger partial charge in [-0.05, 0) is 116 Å². The molecule has 0 aliphatic heterocycles. The van der Waals surface area contributed by atoms with Crippen molar-refractivity contribution in [2.24, 2.45) is 0 Å². The fourth-order valence-electron chi connectivity index (χ4n) is 5.61. The van der Waals surface area contributed by atoms with Gasteiger partial charge in [-0.1, -0.05) is 42.0 Å². The topological polar surface area (TPSA) is 114 Å². The number of rotatable bonds is 9. The second kappa shape index (κ2) is 13.6. The third kappa shape index (κ3) is 7.35. The SMILES string of the molecule is Cc1ccc(C(=O)NC2CCC(Oc3ccc4cc(Oc5ccc(C(=O)Nc6ccccc6C(=O)O)cc5)ccc4c3)CC2)cc1. The molecule has 0 aromatic heterocycles. The van der Waals surface area contributed by atoms with Gasteiger partial charge in [-0.2, -0.15) is 0 Å². The predicted molar refractivity (Wildman–Crippen MR) is 177 cm³/mol. The van der Waals surface area contributed by atoms with Crippen LogP contribution in [0.1, 0.15) is 62.3 Å². The minimum Gasteiger partial charge on any atom is -0.490 e. The van der Waals surface area contributed by atoms with Gasteiger partial charge >= 0.3 is 5.97 Å². The number of fused-ring (bicyclic) bond motifs is 1. The highest BCUT2D eigenvalue weighted by Gasteiger charge is 2.24. The second-order valence-corrected chi connectivity index (χ2v) is 11.5. The molecule has 5 aromatic rings. The number of para-hydroxylation sites is 1. The number of carboxylic acid groups (broad SMARTS) is 1. The second-order valence-electron chi connectivity index (χ2n) is 11.5. The van der Waals surface area contributed by atoms with Crippen LogP contribution in [0.5, 0.6) is 17.2 Å². The maximum atomic E-state index is 12.7. The Morgan fingerprint density at radius 1 is 0.674 bits per heavy atom. The highest BCUT2D eigenvalue weighted by Crippen LogP contribution is 2.30. The highest BCUT2D eigenvalue weighted by molar-refractivity contribution is 6.07. The van der Waals surface area contributed by atoms with Gasteiger partial charge in [-0.3, -0.25) is 9.59 Å². The molecule has 1 fully saturated rings. The Bertz CT molecular complexity index is 1880. The maximum Gasteiger partial charge on any atom is 0.337 e. The zero-order valence-corrected chi connectivity index (χ0v) is 25.4. The molecule has 5 aromatic carbocycles. The lowest BCUT2D eigenvalue weighted by atomic mass is 9.92. The molecular weight excluding hydrogens is 580 g/mol. The summed E-state index contributed by atoms with van der Waals surface area (Å²) in [6.45, 7) is 2.01. The number of aryl methyl sites for hydroxylation is 1. The smallest absolute Gasteiger partial charge is 0.337 e. The van der Waals surface area contributed by atoms with Crippen molar-refractivity contribution in [3.63, 3.8) is 0 Å². The van der Waals surface area contributed by atoms with Gasteiger partial charge in [0.05, 0.1) is 17.4 Å². The van der Waals surface area contributed by atoms with Crippen molar-refractivity contribution >= 4 is 34.2 Å². The van der Waals surface area contributed by atoms with Gasteiger partial charge in [-0.15, -0.1) is 0 Å². The van der Waals surface area contributed by atoms with Crippen LogP contribution in [0.25, 0.3) is 10.8 Å².